The van der Waals surface area contributed by atoms with Crippen molar-refractivity contribution in [3.63, 3.8) is 0 Å². The Balaban J connectivity index is 1.31. The molecule has 2 aromatic rings. The molecule has 2 amide bonds. The van der Waals surface area contributed by atoms with Crippen LogP contribution in [0.1, 0.15) is 36.8 Å². The summed E-state index contributed by atoms with van der Waals surface area (Å²) in [5, 5.41) is 6.67. The van der Waals surface area contributed by atoms with E-state index in [1.807, 2.05) is 17.0 Å². The first-order chi connectivity index (χ1) is 16.1. The third-order valence-electron chi connectivity index (χ3n) is 6.16. The summed E-state index contributed by atoms with van der Waals surface area (Å²) in [7, 11) is 3.29. The van der Waals surface area contributed by atoms with Crippen LogP contribution in [0, 0.1) is 0 Å². The maximum atomic E-state index is 12.5. The fourth-order valence-corrected chi connectivity index (χ4v) is 4.19. The maximum absolute atomic E-state index is 12.5. The molecule has 0 spiro atoms. The van der Waals surface area contributed by atoms with Gasteiger partial charge in [0.2, 0.25) is 0 Å². The van der Waals surface area contributed by atoms with Crippen LogP contribution < -0.4 is 25.8 Å². The van der Waals surface area contributed by atoms with Gasteiger partial charge in [0.15, 0.2) is 11.5 Å². The van der Waals surface area contributed by atoms with Gasteiger partial charge < -0.3 is 30.7 Å². The Kier molecular flexibility index (Phi) is 9.69. The van der Waals surface area contributed by atoms with E-state index in [0.717, 1.165) is 68.8 Å². The van der Waals surface area contributed by atoms with Crippen molar-refractivity contribution >= 4 is 11.7 Å². The number of nitrogens with two attached hydrogens (primary N) is 1. The molecule has 0 radical (unpaired) electrons. The number of ether oxygens (including phenoxy) is 2. The van der Waals surface area contributed by atoms with Crippen molar-refractivity contribution < 1.29 is 14.3 Å². The number of anilines is 1. The van der Waals surface area contributed by atoms with Gasteiger partial charge in [-0.3, -0.25) is 0 Å². The molecule has 7 nitrogen and oxygen atoms in total. The van der Waals surface area contributed by atoms with Gasteiger partial charge in [-0.05, 0) is 80.5 Å². The van der Waals surface area contributed by atoms with Crippen molar-refractivity contribution in [2.75, 3.05) is 45.7 Å². The molecule has 0 saturated carbocycles. The maximum Gasteiger partial charge on any atom is 0.317 e. The lowest BCUT2D eigenvalue weighted by atomic mass is 10.0. The molecule has 3 rings (SSSR count). The van der Waals surface area contributed by atoms with Crippen LogP contribution in [0.2, 0.25) is 0 Å². The van der Waals surface area contributed by atoms with E-state index >= 15 is 0 Å². The van der Waals surface area contributed by atoms with Crippen LogP contribution in [0.5, 0.6) is 11.5 Å². The van der Waals surface area contributed by atoms with E-state index in [4.69, 9.17) is 15.2 Å². The number of nitrogens with one attached hydrogen (secondary N) is 2. The molecule has 0 aromatic heterocycles. The van der Waals surface area contributed by atoms with E-state index in [1.165, 1.54) is 11.1 Å². The predicted octanol–water partition coefficient (Wildman–Crippen LogP) is 3.81. The van der Waals surface area contributed by atoms with Crippen LogP contribution in [-0.4, -0.2) is 57.4 Å². The predicted molar refractivity (Wildman–Crippen MR) is 133 cm³/mol. The zero-order valence-corrected chi connectivity index (χ0v) is 19.9. The number of piperidine rings is 1. The number of benzene rings is 2. The summed E-state index contributed by atoms with van der Waals surface area (Å²) in [4.78, 5) is 14.4. The van der Waals surface area contributed by atoms with Gasteiger partial charge in [0.1, 0.15) is 0 Å². The van der Waals surface area contributed by atoms with Crippen molar-refractivity contribution in [3.05, 3.63) is 53.6 Å². The van der Waals surface area contributed by atoms with Crippen LogP contribution in [0.4, 0.5) is 10.5 Å². The average molecular weight is 455 g/mol. The first-order valence-corrected chi connectivity index (χ1v) is 11.9. The smallest absolute Gasteiger partial charge is 0.317 e. The number of hydrogen-bond acceptors (Lipinski definition) is 5. The minimum absolute atomic E-state index is 0.0469. The molecule has 1 saturated heterocycles. The highest BCUT2D eigenvalue weighted by Crippen LogP contribution is 2.28. The standard InChI is InChI=1S/C26H38N4O3/c1-32-24-11-8-21(19-25(24)33-2)5-3-4-16-28-26(31)30-17-13-23(14-18-30)29-22-9-6-20(7-10-22)12-15-27/h6-11,19,23,29H,3-5,12-18,27H2,1-2H3,(H,28,31). The van der Waals surface area contributed by atoms with Gasteiger partial charge in [-0.2, -0.15) is 0 Å². The topological polar surface area (TPSA) is 88.9 Å². The number of rotatable bonds is 11. The molecule has 0 atom stereocenters. The van der Waals surface area contributed by atoms with Crippen LogP contribution in [0.3, 0.4) is 0 Å². The lowest BCUT2D eigenvalue weighted by Crippen LogP contribution is -2.47. The fourth-order valence-electron chi connectivity index (χ4n) is 4.19. The van der Waals surface area contributed by atoms with Gasteiger partial charge in [0, 0.05) is 31.4 Å². The molecule has 0 unspecified atom stereocenters. The summed E-state index contributed by atoms with van der Waals surface area (Å²) >= 11 is 0. The molecule has 180 valence electrons. The van der Waals surface area contributed by atoms with Gasteiger partial charge in [-0.15, -0.1) is 0 Å². The van der Waals surface area contributed by atoms with E-state index in [1.54, 1.807) is 14.2 Å². The Morgan fingerprint density at radius 2 is 1.67 bits per heavy atom. The second-order valence-corrected chi connectivity index (χ2v) is 8.52. The number of urea groups is 1. The number of hydrogen-bond donors (Lipinski definition) is 3. The summed E-state index contributed by atoms with van der Waals surface area (Å²) in [6.45, 7) is 2.92. The van der Waals surface area contributed by atoms with Crippen molar-refractivity contribution in [1.82, 2.24) is 10.2 Å². The SMILES string of the molecule is COc1ccc(CCCCNC(=O)N2CCC(Nc3ccc(CCN)cc3)CC2)cc1OC. The Morgan fingerprint density at radius 1 is 0.970 bits per heavy atom. The van der Waals surface area contributed by atoms with Gasteiger partial charge in [0.05, 0.1) is 14.2 Å². The van der Waals surface area contributed by atoms with Gasteiger partial charge >= 0.3 is 6.03 Å². The Morgan fingerprint density at radius 3 is 2.33 bits per heavy atom. The molecule has 1 aliphatic rings. The van der Waals surface area contributed by atoms with Crippen molar-refractivity contribution in [1.29, 1.82) is 0 Å². The summed E-state index contributed by atoms with van der Waals surface area (Å²) in [5.41, 5.74) is 9.22. The number of amides is 2. The molecule has 33 heavy (non-hydrogen) atoms. The molecule has 1 aliphatic heterocycles. The molecule has 1 fully saturated rings. The van der Waals surface area contributed by atoms with E-state index in [0.29, 0.717) is 19.1 Å². The molecule has 0 aliphatic carbocycles. The molecular formula is C26H38N4O3. The zero-order valence-electron chi connectivity index (χ0n) is 19.9. The van der Waals surface area contributed by atoms with Crippen LogP contribution in [0.25, 0.3) is 0 Å². The van der Waals surface area contributed by atoms with Crippen LogP contribution >= 0.6 is 0 Å². The number of unbranched alkanes of at least 4 members (excludes halogenated alkanes) is 1. The lowest BCUT2D eigenvalue weighted by molar-refractivity contribution is 0.183. The fraction of sp³-hybridized carbons (Fsp3) is 0.500. The first kappa shape index (κ1) is 24.7. The van der Waals surface area contributed by atoms with E-state index < -0.39 is 0 Å². The average Bonchev–Trinajstić information content (AvgIpc) is 2.85. The molecule has 2 aromatic carbocycles. The summed E-state index contributed by atoms with van der Waals surface area (Å²) in [6.07, 6.45) is 5.71. The quantitative estimate of drug-likeness (QED) is 0.449. The van der Waals surface area contributed by atoms with Crippen molar-refractivity contribution in [2.45, 2.75) is 44.6 Å². The monoisotopic (exact) mass is 454 g/mol. The number of nitrogens with zero attached hydrogens (tertiary/aromatic N) is 1. The summed E-state index contributed by atoms with van der Waals surface area (Å²) < 4.78 is 10.6. The highest BCUT2D eigenvalue weighted by atomic mass is 16.5. The third kappa shape index (κ3) is 7.56. The molecule has 0 bridgehead atoms. The normalized spacial score (nSPS) is 14.1. The van der Waals surface area contributed by atoms with Crippen LogP contribution in [0.15, 0.2) is 42.5 Å². The van der Waals surface area contributed by atoms with E-state index in [9.17, 15) is 4.79 Å². The number of likely N-dealkylation sites (tertiary alicyclic amines) is 1. The number of aryl methyl sites for hydroxylation is 1. The van der Waals surface area contributed by atoms with Gasteiger partial charge in [0.25, 0.3) is 0 Å². The van der Waals surface area contributed by atoms with Gasteiger partial charge in [-0.25, -0.2) is 4.79 Å². The summed E-state index contributed by atoms with van der Waals surface area (Å²) in [6, 6.07) is 15.0. The largest absolute Gasteiger partial charge is 0.493 e. The minimum Gasteiger partial charge on any atom is -0.493 e. The Hall–Kier alpha value is -2.93. The van der Waals surface area contributed by atoms with E-state index in [-0.39, 0.29) is 6.03 Å². The lowest BCUT2D eigenvalue weighted by Gasteiger charge is -2.33. The zero-order chi connectivity index (χ0) is 23.5. The van der Waals surface area contributed by atoms with Crippen molar-refractivity contribution in [3.8, 4) is 11.5 Å². The van der Waals surface area contributed by atoms with Crippen LogP contribution in [-0.2, 0) is 12.8 Å². The number of carbonyl (C=O) groups excluding carboxylic acids is 1. The van der Waals surface area contributed by atoms with Crippen molar-refractivity contribution in [2.24, 2.45) is 5.73 Å². The number of carbonyl (C=O) groups is 1. The second-order valence-electron chi connectivity index (χ2n) is 8.52. The summed E-state index contributed by atoms with van der Waals surface area (Å²) in [5.74, 6) is 1.50. The van der Waals surface area contributed by atoms with E-state index in [2.05, 4.69) is 41.0 Å². The Labute approximate surface area is 197 Å². The highest BCUT2D eigenvalue weighted by Gasteiger charge is 2.22. The molecule has 1 heterocycles. The second kappa shape index (κ2) is 12.9. The first-order valence-electron chi connectivity index (χ1n) is 11.9. The van der Waals surface area contributed by atoms with Gasteiger partial charge in [-0.1, -0.05) is 18.2 Å². The minimum atomic E-state index is 0.0469. The highest BCUT2D eigenvalue weighted by molar-refractivity contribution is 5.74. The molecular weight excluding hydrogens is 416 g/mol. The molecule has 7 heteroatoms. The third-order valence-corrected chi connectivity index (χ3v) is 6.16. The Bertz CT molecular complexity index is 864. The molecule has 4 N–H and O–H groups in total. The number of methoxy groups -OCH3 is 2.